The van der Waals surface area contributed by atoms with Crippen LogP contribution in [0.15, 0.2) is 12.1 Å². The molecule has 242 valence electrons. The summed E-state index contributed by atoms with van der Waals surface area (Å²) in [4.78, 5) is 51.1. The van der Waals surface area contributed by atoms with Crippen LogP contribution in [-0.2, 0) is 27.2 Å². The molecule has 0 amide bonds. The van der Waals surface area contributed by atoms with Gasteiger partial charge >= 0.3 is 11.9 Å². The highest BCUT2D eigenvalue weighted by molar-refractivity contribution is 6.22. The van der Waals surface area contributed by atoms with E-state index < -0.39 is 24.1 Å². The zero-order chi connectivity index (χ0) is 33.4. The van der Waals surface area contributed by atoms with Crippen LogP contribution < -0.4 is 26.7 Å². The topological polar surface area (TPSA) is 187 Å². The van der Waals surface area contributed by atoms with Crippen LogP contribution in [0.2, 0.25) is 0 Å². The van der Waals surface area contributed by atoms with Crippen LogP contribution in [0, 0.1) is 27.7 Å². The molecule has 0 spiro atoms. The number of carboxylic acids is 2. The van der Waals surface area contributed by atoms with Gasteiger partial charge in [0.05, 0.1) is 28.8 Å². The number of carbonyl (C=O) groups is 3. The van der Waals surface area contributed by atoms with E-state index >= 15 is 0 Å². The number of aliphatic hydroxyl groups is 1. The molecule has 0 saturated carbocycles. The second-order valence-corrected chi connectivity index (χ2v) is 12.1. The first-order valence-corrected chi connectivity index (χ1v) is 15.4. The minimum atomic E-state index is -0.946. The standard InChI is InChI=1S/C35H41N5O6/c1-16-12-29-32(35(46)34(36-6)20(5)41)33-17(2)11-21(37-33)13-25-18(3)22(7-9-30(42)43)27(39-25)15-28-23(8-10-31(44)45)19(4)26(40-28)14-24(16)38-29/h11-15,20,34,36-41H,7-10H2,1-6H3,(H,42,43)(H,44,45)/t20-,34+/m1/s1. The zero-order valence-corrected chi connectivity index (χ0v) is 26.9. The van der Waals surface area contributed by atoms with Crippen molar-refractivity contribution in [1.29, 1.82) is 0 Å². The first-order valence-electron chi connectivity index (χ1n) is 15.4. The second-order valence-electron chi connectivity index (χ2n) is 12.1. The molecule has 0 fully saturated rings. The van der Waals surface area contributed by atoms with Gasteiger partial charge in [0.1, 0.15) is 0 Å². The third kappa shape index (κ3) is 6.29. The van der Waals surface area contributed by atoms with Gasteiger partial charge in [-0.3, -0.25) is 14.4 Å². The average Bonchev–Trinajstić information content (AvgIpc) is 3.68. The number of H-pyrrole nitrogens is 4. The fourth-order valence-electron chi connectivity index (χ4n) is 6.36. The normalized spacial score (nSPS) is 13.8. The van der Waals surface area contributed by atoms with Crippen molar-refractivity contribution in [2.45, 2.75) is 72.4 Å². The summed E-state index contributed by atoms with van der Waals surface area (Å²) < 4.78 is 0. The molecule has 5 heterocycles. The summed E-state index contributed by atoms with van der Waals surface area (Å²) >= 11 is 0. The molecule has 4 aromatic heterocycles. The molecule has 0 radical (unpaired) electrons. The Labute approximate surface area is 265 Å². The molecule has 2 atom stereocenters. The van der Waals surface area contributed by atoms with Gasteiger partial charge in [0, 0.05) is 46.0 Å². The van der Waals surface area contributed by atoms with Crippen LogP contribution in [-0.4, -0.2) is 72.2 Å². The van der Waals surface area contributed by atoms with E-state index in [9.17, 15) is 29.7 Å². The first kappa shape index (κ1) is 32.5. The monoisotopic (exact) mass is 627 g/mol. The number of aryl methyl sites for hydroxylation is 2. The van der Waals surface area contributed by atoms with Crippen molar-refractivity contribution in [3.63, 3.8) is 0 Å². The fourth-order valence-corrected chi connectivity index (χ4v) is 6.36. The molecule has 0 aromatic carbocycles. The Kier molecular flexibility index (Phi) is 9.09. The van der Waals surface area contributed by atoms with Crippen molar-refractivity contribution in [1.82, 2.24) is 25.3 Å². The van der Waals surface area contributed by atoms with Gasteiger partial charge in [-0.1, -0.05) is 0 Å². The van der Waals surface area contributed by atoms with E-state index in [1.165, 1.54) is 0 Å². The van der Waals surface area contributed by atoms with E-state index in [1.807, 2.05) is 58.1 Å². The van der Waals surface area contributed by atoms with Crippen molar-refractivity contribution >= 4 is 41.5 Å². The maximum Gasteiger partial charge on any atom is 0.303 e. The van der Waals surface area contributed by atoms with Gasteiger partial charge in [0.15, 0.2) is 5.78 Å². The number of carboxylic acid groups (broad SMARTS) is 2. The zero-order valence-electron chi connectivity index (χ0n) is 26.9. The van der Waals surface area contributed by atoms with Crippen molar-refractivity contribution in [3.8, 4) is 0 Å². The number of carbonyl (C=O) groups excluding carboxylic acids is 1. The number of aromatic amines is 4. The Hall–Kier alpha value is -4.87. The molecule has 1 aliphatic heterocycles. The maximum absolute atomic E-state index is 14.1. The molecule has 0 aliphatic carbocycles. The van der Waals surface area contributed by atoms with Crippen LogP contribution >= 0.6 is 0 Å². The van der Waals surface area contributed by atoms with Crippen LogP contribution in [0.5, 0.6) is 0 Å². The van der Waals surface area contributed by atoms with Gasteiger partial charge in [0.2, 0.25) is 0 Å². The van der Waals surface area contributed by atoms with Gasteiger partial charge in [-0.25, -0.2) is 0 Å². The molecule has 4 aromatic rings. The van der Waals surface area contributed by atoms with Crippen molar-refractivity contribution in [2.24, 2.45) is 0 Å². The van der Waals surface area contributed by atoms with Crippen molar-refractivity contribution < 1.29 is 29.7 Å². The van der Waals surface area contributed by atoms with E-state index in [0.717, 1.165) is 66.5 Å². The lowest BCUT2D eigenvalue weighted by molar-refractivity contribution is -0.138. The Morgan fingerprint density at radius 2 is 1.41 bits per heavy atom. The second kappa shape index (κ2) is 12.9. The number of nitrogens with one attached hydrogen (secondary N) is 5. The molecule has 1 aliphatic rings. The molecular formula is C35H41N5O6. The van der Waals surface area contributed by atoms with Gasteiger partial charge in [-0.2, -0.15) is 0 Å². The molecular weight excluding hydrogens is 586 g/mol. The minimum absolute atomic E-state index is 0.0516. The summed E-state index contributed by atoms with van der Waals surface area (Å²) in [6.45, 7) is 9.33. The van der Waals surface area contributed by atoms with Crippen LogP contribution in [0.25, 0.3) is 23.8 Å². The van der Waals surface area contributed by atoms with Gasteiger partial charge in [0.25, 0.3) is 0 Å². The van der Waals surface area contributed by atoms with Gasteiger partial charge in [-0.05, 0) is 118 Å². The number of likely N-dealkylation sites (N-methyl/N-ethyl adjacent to an activating group) is 1. The molecule has 5 rings (SSSR count). The van der Waals surface area contributed by atoms with E-state index in [4.69, 9.17) is 0 Å². The molecule has 8 bridgehead atoms. The molecule has 11 heteroatoms. The van der Waals surface area contributed by atoms with Gasteiger partial charge in [-0.15, -0.1) is 0 Å². The average molecular weight is 628 g/mol. The summed E-state index contributed by atoms with van der Waals surface area (Å²) in [5.74, 6) is -2.08. The summed E-state index contributed by atoms with van der Waals surface area (Å²) in [5, 5.41) is 35.3. The van der Waals surface area contributed by atoms with Crippen LogP contribution in [0.4, 0.5) is 0 Å². The third-order valence-electron chi connectivity index (χ3n) is 8.89. The van der Waals surface area contributed by atoms with Crippen LogP contribution in [0.1, 0.15) is 75.9 Å². The summed E-state index contributed by atoms with van der Waals surface area (Å²) in [6.07, 6.45) is 5.37. The Bertz CT molecular complexity index is 2100. The minimum Gasteiger partial charge on any atom is -0.481 e. The quantitative estimate of drug-likeness (QED) is 0.128. The number of fused-ring (bicyclic) bond motifs is 8. The molecule has 0 saturated heterocycles. The number of ketones is 1. The van der Waals surface area contributed by atoms with E-state index in [0.29, 0.717) is 29.5 Å². The highest BCUT2D eigenvalue weighted by Crippen LogP contribution is 2.23. The number of rotatable bonds is 10. The lowest BCUT2D eigenvalue weighted by Crippen LogP contribution is -2.44. The van der Waals surface area contributed by atoms with E-state index in [-0.39, 0.29) is 18.6 Å². The number of hydrogen-bond donors (Lipinski definition) is 8. The Balaban J connectivity index is 1.90. The number of hydrogen-bond acceptors (Lipinski definition) is 5. The number of aliphatic hydroxyl groups excluding tert-OH is 1. The highest BCUT2D eigenvalue weighted by atomic mass is 16.4. The third-order valence-corrected chi connectivity index (χ3v) is 8.89. The lowest BCUT2D eigenvalue weighted by atomic mass is 9.97. The fraction of sp³-hybridized carbons (Fsp3) is 0.343. The molecule has 8 N–H and O–H groups in total. The number of Topliss-reactive ketones (excluding diaryl/α,β-unsaturated/α-hetero) is 1. The van der Waals surface area contributed by atoms with E-state index in [2.05, 4.69) is 25.3 Å². The SMILES string of the molecule is CN[C@H](C(=O)C1=c2[nH]c(cc2C)=Cc2[nH]c(c(CCC(=O)O)c2C)C=c2[nH]c(c(C)c2CCC(=O)O)=Cc2[nH]c1cc2C)[C@@H](C)O. The summed E-state index contributed by atoms with van der Waals surface area (Å²) in [5.41, 5.74) is 8.49. The smallest absolute Gasteiger partial charge is 0.303 e. The summed E-state index contributed by atoms with van der Waals surface area (Å²) in [6, 6.07) is 3.02. The highest BCUT2D eigenvalue weighted by Gasteiger charge is 2.28. The summed E-state index contributed by atoms with van der Waals surface area (Å²) in [7, 11) is 1.64. The largest absolute Gasteiger partial charge is 0.481 e. The number of aliphatic carboxylic acids is 2. The van der Waals surface area contributed by atoms with Crippen LogP contribution in [0.3, 0.4) is 0 Å². The molecule has 0 unspecified atom stereocenters. The number of aromatic nitrogens is 4. The first-order chi connectivity index (χ1) is 21.8. The van der Waals surface area contributed by atoms with E-state index in [1.54, 1.807) is 14.0 Å². The maximum atomic E-state index is 14.1. The predicted octanol–water partition coefficient (Wildman–Crippen LogP) is 0.804. The van der Waals surface area contributed by atoms with Crippen molar-refractivity contribution in [2.75, 3.05) is 7.05 Å². The molecule has 46 heavy (non-hydrogen) atoms. The Morgan fingerprint density at radius 3 is 2.04 bits per heavy atom. The molecule has 11 nitrogen and oxygen atoms in total. The van der Waals surface area contributed by atoms with Gasteiger partial charge < -0.3 is 40.6 Å². The predicted molar refractivity (Wildman–Crippen MR) is 175 cm³/mol. The Morgan fingerprint density at radius 1 is 0.761 bits per heavy atom. The van der Waals surface area contributed by atoms with Crippen molar-refractivity contribution in [3.05, 3.63) is 89.7 Å². The lowest BCUT2D eigenvalue weighted by Gasteiger charge is -2.19.